The van der Waals surface area contributed by atoms with E-state index in [4.69, 9.17) is 0 Å². The minimum absolute atomic E-state index is 0.331. The first-order valence-electron chi connectivity index (χ1n) is 5.44. The number of hydrogen-bond donors (Lipinski definition) is 0. The zero-order valence-electron chi connectivity index (χ0n) is 8.89. The maximum absolute atomic E-state index is 11.5. The number of carbonyl (C=O) groups excluding carboxylic acids is 1. The van der Waals surface area contributed by atoms with E-state index in [0.717, 1.165) is 31.2 Å². The van der Waals surface area contributed by atoms with Crippen LogP contribution in [0.1, 0.15) is 47.3 Å². The van der Waals surface area contributed by atoms with E-state index < -0.39 is 0 Å². The number of ketones is 1. The molecule has 0 aliphatic heterocycles. The number of hydrogen-bond acceptors (Lipinski definition) is 1. The first-order valence-corrected chi connectivity index (χ1v) is 5.44. The van der Waals surface area contributed by atoms with E-state index in [1.807, 2.05) is 6.07 Å². The van der Waals surface area contributed by atoms with Crippen molar-refractivity contribution in [2.75, 3.05) is 0 Å². The smallest absolute Gasteiger partial charge is 0.163 e. The Labute approximate surface area is 85.1 Å². The molecule has 0 saturated carbocycles. The Kier molecular flexibility index (Phi) is 2.40. The summed E-state index contributed by atoms with van der Waals surface area (Å²) in [7, 11) is 0. The van der Waals surface area contributed by atoms with Crippen LogP contribution in [0.5, 0.6) is 0 Å². The SMILES string of the molecule is CCc1ccc2c(c1CC)CCC2=O. The molecule has 1 aromatic rings. The second-order valence-electron chi connectivity index (χ2n) is 3.86. The summed E-state index contributed by atoms with van der Waals surface area (Å²) in [6.07, 6.45) is 3.81. The summed E-state index contributed by atoms with van der Waals surface area (Å²) in [5.74, 6) is 0.331. The van der Waals surface area contributed by atoms with Crippen molar-refractivity contribution in [3.8, 4) is 0 Å². The van der Waals surface area contributed by atoms with Gasteiger partial charge in [0, 0.05) is 12.0 Å². The highest BCUT2D eigenvalue weighted by Gasteiger charge is 2.22. The topological polar surface area (TPSA) is 17.1 Å². The third-order valence-corrected chi connectivity index (χ3v) is 3.17. The molecular formula is C13H16O. The Morgan fingerprint density at radius 1 is 1.14 bits per heavy atom. The number of carbonyl (C=O) groups is 1. The molecule has 0 amide bonds. The second kappa shape index (κ2) is 3.56. The lowest BCUT2D eigenvalue weighted by molar-refractivity contribution is 0.0994. The van der Waals surface area contributed by atoms with Crippen LogP contribution in [0.25, 0.3) is 0 Å². The molecule has 14 heavy (non-hydrogen) atoms. The van der Waals surface area contributed by atoms with Gasteiger partial charge in [-0.15, -0.1) is 0 Å². The second-order valence-corrected chi connectivity index (χ2v) is 3.86. The summed E-state index contributed by atoms with van der Waals surface area (Å²) in [5.41, 5.74) is 5.16. The Morgan fingerprint density at radius 3 is 2.57 bits per heavy atom. The zero-order chi connectivity index (χ0) is 10.1. The molecule has 0 fully saturated rings. The fraction of sp³-hybridized carbons (Fsp3) is 0.462. The van der Waals surface area contributed by atoms with E-state index in [1.54, 1.807) is 0 Å². The first-order chi connectivity index (χ1) is 6.77. The zero-order valence-corrected chi connectivity index (χ0v) is 8.89. The molecule has 0 aromatic heterocycles. The molecule has 0 bridgehead atoms. The Morgan fingerprint density at radius 2 is 1.93 bits per heavy atom. The monoisotopic (exact) mass is 188 g/mol. The molecule has 1 aliphatic carbocycles. The molecule has 0 heterocycles. The summed E-state index contributed by atoms with van der Waals surface area (Å²) in [6.45, 7) is 4.36. The van der Waals surface area contributed by atoms with Gasteiger partial charge in [0.1, 0.15) is 0 Å². The van der Waals surface area contributed by atoms with E-state index >= 15 is 0 Å². The highest BCUT2D eigenvalue weighted by atomic mass is 16.1. The molecule has 0 radical (unpaired) electrons. The normalized spacial score (nSPS) is 14.6. The molecule has 0 spiro atoms. The summed E-state index contributed by atoms with van der Waals surface area (Å²) in [6, 6.07) is 4.14. The lowest BCUT2D eigenvalue weighted by Gasteiger charge is -2.10. The largest absolute Gasteiger partial charge is 0.294 e. The predicted octanol–water partition coefficient (Wildman–Crippen LogP) is 2.94. The molecule has 1 nitrogen and oxygen atoms in total. The lowest BCUT2D eigenvalue weighted by Crippen LogP contribution is -1.99. The first kappa shape index (κ1) is 9.45. The summed E-state index contributed by atoms with van der Waals surface area (Å²) >= 11 is 0. The van der Waals surface area contributed by atoms with Crippen LogP contribution in [0.4, 0.5) is 0 Å². The summed E-state index contributed by atoms with van der Waals surface area (Å²) in [4.78, 5) is 11.5. The molecule has 74 valence electrons. The van der Waals surface area contributed by atoms with E-state index in [9.17, 15) is 4.79 Å². The van der Waals surface area contributed by atoms with Gasteiger partial charge >= 0.3 is 0 Å². The Balaban J connectivity index is 2.59. The molecule has 0 atom stereocenters. The van der Waals surface area contributed by atoms with Crippen molar-refractivity contribution >= 4 is 5.78 Å². The molecule has 1 heteroatoms. The van der Waals surface area contributed by atoms with Crippen molar-refractivity contribution in [3.05, 3.63) is 34.4 Å². The van der Waals surface area contributed by atoms with Gasteiger partial charge in [-0.25, -0.2) is 0 Å². The minimum atomic E-state index is 0.331. The third-order valence-electron chi connectivity index (χ3n) is 3.17. The quantitative estimate of drug-likeness (QED) is 0.697. The maximum Gasteiger partial charge on any atom is 0.163 e. The van der Waals surface area contributed by atoms with Gasteiger partial charge in [-0.3, -0.25) is 4.79 Å². The molecule has 1 aliphatic rings. The van der Waals surface area contributed by atoms with Crippen LogP contribution in [0.2, 0.25) is 0 Å². The van der Waals surface area contributed by atoms with Crippen LogP contribution < -0.4 is 0 Å². The maximum atomic E-state index is 11.5. The Hall–Kier alpha value is -1.11. The molecule has 0 saturated heterocycles. The molecule has 0 N–H and O–H groups in total. The van der Waals surface area contributed by atoms with Crippen LogP contribution >= 0.6 is 0 Å². The van der Waals surface area contributed by atoms with E-state index in [1.165, 1.54) is 16.7 Å². The molecule has 1 aromatic carbocycles. The van der Waals surface area contributed by atoms with Gasteiger partial charge in [0.25, 0.3) is 0 Å². The number of aryl methyl sites for hydroxylation is 1. The third kappa shape index (κ3) is 1.28. The van der Waals surface area contributed by atoms with Gasteiger partial charge < -0.3 is 0 Å². The van der Waals surface area contributed by atoms with Gasteiger partial charge in [-0.2, -0.15) is 0 Å². The van der Waals surface area contributed by atoms with Crippen molar-refractivity contribution in [1.29, 1.82) is 0 Å². The molecular weight excluding hydrogens is 172 g/mol. The van der Waals surface area contributed by atoms with Crippen LogP contribution in [0.3, 0.4) is 0 Å². The molecule has 2 rings (SSSR count). The van der Waals surface area contributed by atoms with Crippen LogP contribution in [0, 0.1) is 0 Å². The Bertz CT molecular complexity index is 377. The standard InChI is InChI=1S/C13H16O/c1-3-9-5-6-12-11(10(9)4-2)7-8-13(12)14/h5-6H,3-4,7-8H2,1-2H3. The van der Waals surface area contributed by atoms with Crippen molar-refractivity contribution in [3.63, 3.8) is 0 Å². The van der Waals surface area contributed by atoms with Gasteiger partial charge in [-0.1, -0.05) is 26.0 Å². The summed E-state index contributed by atoms with van der Waals surface area (Å²) in [5, 5.41) is 0. The average Bonchev–Trinajstić information content (AvgIpc) is 2.59. The van der Waals surface area contributed by atoms with Crippen molar-refractivity contribution in [2.24, 2.45) is 0 Å². The predicted molar refractivity (Wildman–Crippen MR) is 57.8 cm³/mol. The van der Waals surface area contributed by atoms with Crippen LogP contribution in [-0.4, -0.2) is 5.78 Å². The minimum Gasteiger partial charge on any atom is -0.294 e. The number of fused-ring (bicyclic) bond motifs is 1. The summed E-state index contributed by atoms with van der Waals surface area (Å²) < 4.78 is 0. The van der Waals surface area contributed by atoms with E-state index in [0.29, 0.717) is 5.78 Å². The van der Waals surface area contributed by atoms with Crippen LogP contribution in [0.15, 0.2) is 12.1 Å². The fourth-order valence-electron chi connectivity index (χ4n) is 2.43. The number of rotatable bonds is 2. The van der Waals surface area contributed by atoms with Crippen molar-refractivity contribution in [2.45, 2.75) is 39.5 Å². The lowest BCUT2D eigenvalue weighted by atomic mass is 9.94. The highest BCUT2D eigenvalue weighted by molar-refractivity contribution is 6.00. The number of benzene rings is 1. The van der Waals surface area contributed by atoms with Gasteiger partial charge in [0.05, 0.1) is 0 Å². The average molecular weight is 188 g/mol. The van der Waals surface area contributed by atoms with E-state index in [2.05, 4.69) is 19.9 Å². The van der Waals surface area contributed by atoms with Crippen molar-refractivity contribution < 1.29 is 4.79 Å². The molecule has 0 unspecified atom stereocenters. The van der Waals surface area contributed by atoms with E-state index in [-0.39, 0.29) is 0 Å². The van der Waals surface area contributed by atoms with Gasteiger partial charge in [0.2, 0.25) is 0 Å². The number of Topliss-reactive ketones (excluding diaryl/α,β-unsaturated/α-hetero) is 1. The van der Waals surface area contributed by atoms with Crippen molar-refractivity contribution in [1.82, 2.24) is 0 Å². The van der Waals surface area contributed by atoms with Gasteiger partial charge in [0.15, 0.2) is 5.78 Å². The fourth-order valence-corrected chi connectivity index (χ4v) is 2.43. The van der Waals surface area contributed by atoms with Crippen LogP contribution in [-0.2, 0) is 19.3 Å². The highest BCUT2D eigenvalue weighted by Crippen LogP contribution is 2.28. The van der Waals surface area contributed by atoms with Gasteiger partial charge in [-0.05, 0) is 36.0 Å².